The molecular formula is C17H24FNO2S. The Morgan fingerprint density at radius 1 is 1.36 bits per heavy atom. The van der Waals surface area contributed by atoms with Crippen LogP contribution in [0, 0.1) is 11.7 Å². The molecule has 0 aliphatic carbocycles. The van der Waals surface area contributed by atoms with Gasteiger partial charge in [-0.25, -0.2) is 9.18 Å². The van der Waals surface area contributed by atoms with Crippen LogP contribution in [-0.4, -0.2) is 35.4 Å². The van der Waals surface area contributed by atoms with Gasteiger partial charge in [0.05, 0.1) is 0 Å². The predicted octanol–water partition coefficient (Wildman–Crippen LogP) is 4.32. The number of rotatable bonds is 4. The third-order valence-electron chi connectivity index (χ3n) is 3.47. The van der Waals surface area contributed by atoms with Crippen LogP contribution < -0.4 is 0 Å². The first-order chi connectivity index (χ1) is 10.3. The highest BCUT2D eigenvalue weighted by Crippen LogP contribution is 2.24. The van der Waals surface area contributed by atoms with Gasteiger partial charge in [-0.3, -0.25) is 0 Å². The molecule has 0 radical (unpaired) electrons. The van der Waals surface area contributed by atoms with E-state index in [1.807, 2.05) is 44.7 Å². The number of benzene rings is 1. The zero-order valence-corrected chi connectivity index (χ0v) is 14.3. The summed E-state index contributed by atoms with van der Waals surface area (Å²) in [6.07, 6.45) is 0.814. The molecule has 1 aliphatic rings. The van der Waals surface area contributed by atoms with E-state index in [4.69, 9.17) is 4.74 Å². The van der Waals surface area contributed by atoms with Crippen molar-refractivity contribution in [3.8, 4) is 0 Å². The topological polar surface area (TPSA) is 29.5 Å². The molecule has 0 bridgehead atoms. The van der Waals surface area contributed by atoms with E-state index in [9.17, 15) is 9.18 Å². The molecule has 0 N–H and O–H groups in total. The molecule has 1 amide bonds. The van der Waals surface area contributed by atoms with Gasteiger partial charge in [-0.2, -0.15) is 11.8 Å². The molecule has 5 heteroatoms. The van der Waals surface area contributed by atoms with Crippen LogP contribution in [0.3, 0.4) is 0 Å². The van der Waals surface area contributed by atoms with E-state index in [2.05, 4.69) is 0 Å². The minimum Gasteiger partial charge on any atom is -0.444 e. The van der Waals surface area contributed by atoms with Crippen LogP contribution in [0.15, 0.2) is 24.3 Å². The Balaban J connectivity index is 1.70. The molecule has 122 valence electrons. The van der Waals surface area contributed by atoms with Gasteiger partial charge in [0.15, 0.2) is 0 Å². The molecule has 1 aromatic carbocycles. The Bertz CT molecular complexity index is 498. The first-order valence-electron chi connectivity index (χ1n) is 7.63. The highest BCUT2D eigenvalue weighted by Gasteiger charge is 2.29. The smallest absolute Gasteiger partial charge is 0.410 e. The average molecular weight is 325 g/mol. The third kappa shape index (κ3) is 5.52. The SMILES string of the molecule is CC(C)(C)OC(=O)N1CCC(CSCc2ccc(F)cc2)C1. The predicted molar refractivity (Wildman–Crippen MR) is 88.5 cm³/mol. The molecule has 1 unspecified atom stereocenters. The van der Waals surface area contributed by atoms with Gasteiger partial charge in [0.1, 0.15) is 11.4 Å². The third-order valence-corrected chi connectivity index (χ3v) is 4.72. The maximum absolute atomic E-state index is 12.8. The van der Waals surface area contributed by atoms with Crippen LogP contribution in [0.4, 0.5) is 9.18 Å². The maximum atomic E-state index is 12.8. The molecule has 0 spiro atoms. The summed E-state index contributed by atoms with van der Waals surface area (Å²) in [5, 5.41) is 0. The summed E-state index contributed by atoms with van der Waals surface area (Å²) in [6.45, 7) is 7.20. The number of halogens is 1. The van der Waals surface area contributed by atoms with E-state index < -0.39 is 5.60 Å². The molecule has 1 fully saturated rings. The highest BCUT2D eigenvalue weighted by molar-refractivity contribution is 7.98. The van der Waals surface area contributed by atoms with Crippen LogP contribution in [0.1, 0.15) is 32.8 Å². The van der Waals surface area contributed by atoms with E-state index in [0.717, 1.165) is 36.6 Å². The number of ether oxygens (including phenoxy) is 1. The molecule has 1 atom stereocenters. The van der Waals surface area contributed by atoms with Crippen molar-refractivity contribution < 1.29 is 13.9 Å². The summed E-state index contributed by atoms with van der Waals surface area (Å²) in [7, 11) is 0. The van der Waals surface area contributed by atoms with Crippen molar-refractivity contribution in [3.05, 3.63) is 35.6 Å². The monoisotopic (exact) mass is 325 g/mol. The first-order valence-corrected chi connectivity index (χ1v) is 8.79. The number of hydrogen-bond acceptors (Lipinski definition) is 3. The maximum Gasteiger partial charge on any atom is 0.410 e. The van der Waals surface area contributed by atoms with Crippen molar-refractivity contribution in [1.82, 2.24) is 4.90 Å². The van der Waals surface area contributed by atoms with Crippen molar-refractivity contribution in [2.45, 2.75) is 38.5 Å². The van der Waals surface area contributed by atoms with Gasteiger partial charge in [0, 0.05) is 18.8 Å². The second-order valence-electron chi connectivity index (χ2n) is 6.72. The second kappa shape index (κ2) is 7.36. The van der Waals surface area contributed by atoms with Crippen molar-refractivity contribution >= 4 is 17.9 Å². The molecule has 22 heavy (non-hydrogen) atoms. The van der Waals surface area contributed by atoms with Gasteiger partial charge in [0.2, 0.25) is 0 Å². The summed E-state index contributed by atoms with van der Waals surface area (Å²) in [4.78, 5) is 13.8. The van der Waals surface area contributed by atoms with Gasteiger partial charge in [-0.15, -0.1) is 0 Å². The molecule has 1 heterocycles. The molecule has 1 aromatic rings. The van der Waals surface area contributed by atoms with Crippen molar-refractivity contribution in [2.24, 2.45) is 5.92 Å². The van der Waals surface area contributed by atoms with Crippen molar-refractivity contribution in [1.29, 1.82) is 0 Å². The van der Waals surface area contributed by atoms with Crippen LogP contribution >= 0.6 is 11.8 Å². The Morgan fingerprint density at radius 3 is 2.68 bits per heavy atom. The zero-order valence-electron chi connectivity index (χ0n) is 13.5. The fourth-order valence-electron chi connectivity index (χ4n) is 2.39. The molecule has 0 aromatic heterocycles. The standard InChI is InChI=1S/C17H24FNO2S/c1-17(2,3)21-16(20)19-9-8-14(10-19)12-22-11-13-4-6-15(18)7-5-13/h4-7,14H,8-12H2,1-3H3. The van der Waals surface area contributed by atoms with E-state index in [0.29, 0.717) is 5.92 Å². The minimum atomic E-state index is -0.438. The van der Waals surface area contributed by atoms with Gasteiger partial charge >= 0.3 is 6.09 Å². The summed E-state index contributed by atoms with van der Waals surface area (Å²) < 4.78 is 18.2. The van der Waals surface area contributed by atoms with Gasteiger partial charge in [-0.1, -0.05) is 12.1 Å². The number of carbonyl (C=O) groups excluding carboxylic acids is 1. The van der Waals surface area contributed by atoms with Crippen LogP contribution in [0.5, 0.6) is 0 Å². The van der Waals surface area contributed by atoms with Crippen molar-refractivity contribution in [3.63, 3.8) is 0 Å². The van der Waals surface area contributed by atoms with Crippen LogP contribution in [-0.2, 0) is 10.5 Å². The number of carbonyl (C=O) groups is 1. The Morgan fingerprint density at radius 2 is 2.05 bits per heavy atom. The molecule has 1 saturated heterocycles. The lowest BCUT2D eigenvalue weighted by atomic mass is 10.2. The first kappa shape index (κ1) is 17.1. The van der Waals surface area contributed by atoms with Gasteiger partial charge < -0.3 is 9.64 Å². The number of nitrogens with zero attached hydrogens (tertiary/aromatic N) is 1. The second-order valence-corrected chi connectivity index (χ2v) is 7.75. The van der Waals surface area contributed by atoms with E-state index >= 15 is 0 Å². The average Bonchev–Trinajstić information content (AvgIpc) is 2.88. The van der Waals surface area contributed by atoms with Gasteiger partial charge in [-0.05, 0) is 56.6 Å². The highest BCUT2D eigenvalue weighted by atomic mass is 32.2. The lowest BCUT2D eigenvalue weighted by Gasteiger charge is -2.24. The van der Waals surface area contributed by atoms with E-state index in [1.165, 1.54) is 12.1 Å². The van der Waals surface area contributed by atoms with E-state index in [1.54, 1.807) is 4.90 Å². The number of hydrogen-bond donors (Lipinski definition) is 0. The zero-order chi connectivity index (χ0) is 16.2. The Labute approximate surface area is 136 Å². The van der Waals surface area contributed by atoms with Crippen LogP contribution in [0.25, 0.3) is 0 Å². The quantitative estimate of drug-likeness (QED) is 0.826. The summed E-state index contributed by atoms with van der Waals surface area (Å²) in [5.74, 6) is 2.20. The number of amides is 1. The normalized spacial score (nSPS) is 18.5. The lowest BCUT2D eigenvalue weighted by molar-refractivity contribution is 0.0289. The largest absolute Gasteiger partial charge is 0.444 e. The summed E-state index contributed by atoms with van der Waals surface area (Å²) in [5.41, 5.74) is 0.695. The minimum absolute atomic E-state index is 0.197. The number of thioether (sulfide) groups is 1. The molecule has 2 rings (SSSR count). The molecular weight excluding hydrogens is 301 g/mol. The summed E-state index contributed by atoms with van der Waals surface area (Å²) >= 11 is 1.84. The fraction of sp³-hybridized carbons (Fsp3) is 0.588. The Hall–Kier alpha value is -1.23. The van der Waals surface area contributed by atoms with Crippen molar-refractivity contribution in [2.75, 3.05) is 18.8 Å². The lowest BCUT2D eigenvalue weighted by Crippen LogP contribution is -2.35. The molecule has 0 saturated carbocycles. The fourth-order valence-corrected chi connectivity index (χ4v) is 3.54. The Kier molecular flexibility index (Phi) is 5.73. The number of likely N-dealkylation sites (tertiary alicyclic amines) is 1. The molecule has 3 nitrogen and oxygen atoms in total. The van der Waals surface area contributed by atoms with Crippen LogP contribution in [0.2, 0.25) is 0 Å². The molecule has 1 aliphatic heterocycles. The summed E-state index contributed by atoms with van der Waals surface area (Å²) in [6, 6.07) is 6.64. The van der Waals surface area contributed by atoms with Gasteiger partial charge in [0.25, 0.3) is 0 Å². The van der Waals surface area contributed by atoms with E-state index in [-0.39, 0.29) is 11.9 Å².